The SMILES string of the molecule is N#CC(Cc1ccccc1)C(=O)NCCCC1CC1. The van der Waals surface area contributed by atoms with Gasteiger partial charge in [-0.1, -0.05) is 43.2 Å². The molecular formula is C16H20N2O. The highest BCUT2D eigenvalue weighted by Crippen LogP contribution is 2.33. The zero-order chi connectivity index (χ0) is 13.5. The third kappa shape index (κ3) is 4.75. The first kappa shape index (κ1) is 13.6. The monoisotopic (exact) mass is 256 g/mol. The van der Waals surface area contributed by atoms with E-state index in [-0.39, 0.29) is 5.91 Å². The number of carbonyl (C=O) groups excluding carboxylic acids is 1. The van der Waals surface area contributed by atoms with Crippen LogP contribution in [0.25, 0.3) is 0 Å². The summed E-state index contributed by atoms with van der Waals surface area (Å²) in [6, 6.07) is 11.8. The normalized spacial score (nSPS) is 15.5. The standard InChI is InChI=1S/C16H20N2O/c17-12-15(11-14-5-2-1-3-6-14)16(19)18-10-4-7-13-8-9-13/h1-3,5-6,13,15H,4,7-11H2,(H,18,19). The molecule has 0 radical (unpaired) electrons. The predicted octanol–water partition coefficient (Wildman–Crippen LogP) is 2.68. The van der Waals surface area contributed by atoms with Gasteiger partial charge in [0.15, 0.2) is 0 Å². The quantitative estimate of drug-likeness (QED) is 0.762. The van der Waals surface area contributed by atoms with Crippen LogP contribution in [0.5, 0.6) is 0 Å². The first-order chi connectivity index (χ1) is 9.29. The van der Waals surface area contributed by atoms with Crippen molar-refractivity contribution in [3.05, 3.63) is 35.9 Å². The highest BCUT2D eigenvalue weighted by atomic mass is 16.1. The van der Waals surface area contributed by atoms with Crippen molar-refractivity contribution < 1.29 is 4.79 Å². The smallest absolute Gasteiger partial charge is 0.237 e. The van der Waals surface area contributed by atoms with Crippen molar-refractivity contribution >= 4 is 5.91 Å². The number of rotatable bonds is 7. The van der Waals surface area contributed by atoms with Crippen molar-refractivity contribution in [2.24, 2.45) is 11.8 Å². The minimum atomic E-state index is -0.580. The molecule has 3 nitrogen and oxygen atoms in total. The molecule has 0 aliphatic heterocycles. The molecule has 0 saturated heterocycles. The van der Waals surface area contributed by atoms with Gasteiger partial charge in [-0.2, -0.15) is 5.26 Å². The number of nitrogens with one attached hydrogen (secondary N) is 1. The Kier molecular flexibility index (Phi) is 4.97. The fourth-order valence-corrected chi connectivity index (χ4v) is 2.18. The van der Waals surface area contributed by atoms with E-state index in [1.165, 1.54) is 19.3 Å². The van der Waals surface area contributed by atoms with Crippen LogP contribution in [-0.4, -0.2) is 12.5 Å². The van der Waals surface area contributed by atoms with Gasteiger partial charge in [0.2, 0.25) is 5.91 Å². The highest BCUT2D eigenvalue weighted by molar-refractivity contribution is 5.81. The number of hydrogen-bond donors (Lipinski definition) is 1. The van der Waals surface area contributed by atoms with Gasteiger partial charge in [-0.25, -0.2) is 0 Å². The summed E-state index contributed by atoms with van der Waals surface area (Å²) in [5, 5.41) is 12.0. The molecular weight excluding hydrogens is 236 g/mol. The van der Waals surface area contributed by atoms with Crippen LogP contribution < -0.4 is 5.32 Å². The molecule has 1 aromatic rings. The summed E-state index contributed by atoms with van der Waals surface area (Å²) in [6.45, 7) is 0.697. The summed E-state index contributed by atoms with van der Waals surface area (Å²) in [7, 11) is 0. The lowest BCUT2D eigenvalue weighted by molar-refractivity contribution is -0.123. The van der Waals surface area contributed by atoms with Crippen LogP contribution >= 0.6 is 0 Å². The molecule has 3 heteroatoms. The first-order valence-electron chi connectivity index (χ1n) is 7.01. The van der Waals surface area contributed by atoms with Crippen molar-refractivity contribution in [2.45, 2.75) is 32.1 Å². The molecule has 0 aromatic heterocycles. The van der Waals surface area contributed by atoms with Crippen LogP contribution in [0.4, 0.5) is 0 Å². The zero-order valence-corrected chi connectivity index (χ0v) is 11.1. The Morgan fingerprint density at radius 2 is 2.11 bits per heavy atom. The van der Waals surface area contributed by atoms with Gasteiger partial charge in [0.25, 0.3) is 0 Å². The molecule has 1 amide bonds. The van der Waals surface area contributed by atoms with Crippen molar-refractivity contribution in [1.82, 2.24) is 5.32 Å². The lowest BCUT2D eigenvalue weighted by Crippen LogP contribution is -2.31. The minimum absolute atomic E-state index is 0.137. The molecule has 1 unspecified atom stereocenters. The van der Waals surface area contributed by atoms with Gasteiger partial charge in [0.1, 0.15) is 5.92 Å². The van der Waals surface area contributed by atoms with E-state index in [1.807, 2.05) is 30.3 Å². The largest absolute Gasteiger partial charge is 0.355 e. The van der Waals surface area contributed by atoms with Crippen LogP contribution in [0.2, 0.25) is 0 Å². The number of nitriles is 1. The molecule has 1 fully saturated rings. The summed E-state index contributed by atoms with van der Waals surface area (Å²) < 4.78 is 0. The van der Waals surface area contributed by atoms with Crippen LogP contribution in [0.3, 0.4) is 0 Å². The van der Waals surface area contributed by atoms with Gasteiger partial charge in [-0.3, -0.25) is 4.79 Å². The molecule has 0 heterocycles. The van der Waals surface area contributed by atoms with Crippen molar-refractivity contribution in [3.63, 3.8) is 0 Å². The number of nitrogens with zero attached hydrogens (tertiary/aromatic N) is 1. The van der Waals surface area contributed by atoms with Crippen LogP contribution in [0, 0.1) is 23.2 Å². The second kappa shape index (κ2) is 6.94. The van der Waals surface area contributed by atoms with Gasteiger partial charge in [-0.05, 0) is 30.7 Å². The lowest BCUT2D eigenvalue weighted by Gasteiger charge is -2.10. The van der Waals surface area contributed by atoms with Gasteiger partial charge >= 0.3 is 0 Å². The number of carbonyl (C=O) groups is 1. The Labute approximate surface area is 114 Å². The van der Waals surface area contributed by atoms with Gasteiger partial charge in [-0.15, -0.1) is 0 Å². The molecule has 19 heavy (non-hydrogen) atoms. The molecule has 2 rings (SSSR count). The van der Waals surface area contributed by atoms with Crippen molar-refractivity contribution in [3.8, 4) is 6.07 Å². The van der Waals surface area contributed by atoms with E-state index in [2.05, 4.69) is 11.4 Å². The molecule has 0 spiro atoms. The molecule has 1 N–H and O–H groups in total. The van der Waals surface area contributed by atoms with E-state index in [0.717, 1.165) is 17.9 Å². The first-order valence-corrected chi connectivity index (χ1v) is 7.01. The van der Waals surface area contributed by atoms with E-state index < -0.39 is 5.92 Å². The lowest BCUT2D eigenvalue weighted by atomic mass is 10.00. The van der Waals surface area contributed by atoms with E-state index >= 15 is 0 Å². The Hall–Kier alpha value is -1.82. The van der Waals surface area contributed by atoms with Crippen LogP contribution in [0.15, 0.2) is 30.3 Å². The zero-order valence-electron chi connectivity index (χ0n) is 11.1. The second-order valence-electron chi connectivity index (χ2n) is 5.25. The topological polar surface area (TPSA) is 52.9 Å². The average Bonchev–Trinajstić information content (AvgIpc) is 3.26. The third-order valence-corrected chi connectivity index (χ3v) is 3.54. The minimum Gasteiger partial charge on any atom is -0.355 e. The summed E-state index contributed by atoms with van der Waals surface area (Å²) in [6.07, 6.45) is 5.42. The third-order valence-electron chi connectivity index (χ3n) is 3.54. The van der Waals surface area contributed by atoms with Crippen molar-refractivity contribution in [1.29, 1.82) is 5.26 Å². The Balaban J connectivity index is 1.73. The molecule has 1 atom stereocenters. The Morgan fingerprint density at radius 3 is 2.74 bits per heavy atom. The maximum atomic E-state index is 11.9. The Morgan fingerprint density at radius 1 is 1.37 bits per heavy atom. The molecule has 100 valence electrons. The van der Waals surface area contributed by atoms with E-state index in [0.29, 0.717) is 13.0 Å². The van der Waals surface area contributed by atoms with Gasteiger partial charge in [0, 0.05) is 6.54 Å². The molecule has 1 saturated carbocycles. The van der Waals surface area contributed by atoms with E-state index in [9.17, 15) is 4.79 Å². The van der Waals surface area contributed by atoms with Gasteiger partial charge in [0.05, 0.1) is 6.07 Å². The summed E-state index contributed by atoms with van der Waals surface area (Å²) >= 11 is 0. The Bertz CT molecular complexity index is 446. The summed E-state index contributed by atoms with van der Waals surface area (Å²) in [5.41, 5.74) is 1.03. The van der Waals surface area contributed by atoms with Crippen molar-refractivity contribution in [2.75, 3.05) is 6.54 Å². The molecule has 1 aromatic carbocycles. The fraction of sp³-hybridized carbons (Fsp3) is 0.500. The number of amides is 1. The predicted molar refractivity (Wildman–Crippen MR) is 74.2 cm³/mol. The summed E-state index contributed by atoms with van der Waals surface area (Å²) in [4.78, 5) is 11.9. The maximum Gasteiger partial charge on any atom is 0.237 e. The average molecular weight is 256 g/mol. The summed E-state index contributed by atoms with van der Waals surface area (Å²) in [5.74, 6) is 0.179. The molecule has 0 bridgehead atoms. The van der Waals surface area contributed by atoms with Crippen LogP contribution in [-0.2, 0) is 11.2 Å². The number of hydrogen-bond acceptors (Lipinski definition) is 2. The molecule has 1 aliphatic carbocycles. The highest BCUT2D eigenvalue weighted by Gasteiger charge is 2.21. The van der Waals surface area contributed by atoms with E-state index in [4.69, 9.17) is 5.26 Å². The molecule has 1 aliphatic rings. The maximum absolute atomic E-state index is 11.9. The fourth-order valence-electron chi connectivity index (χ4n) is 2.18. The number of benzene rings is 1. The van der Waals surface area contributed by atoms with Crippen LogP contribution in [0.1, 0.15) is 31.2 Å². The van der Waals surface area contributed by atoms with Gasteiger partial charge < -0.3 is 5.32 Å². The second-order valence-corrected chi connectivity index (χ2v) is 5.25. The van der Waals surface area contributed by atoms with E-state index in [1.54, 1.807) is 0 Å².